The van der Waals surface area contributed by atoms with Crippen LogP contribution < -0.4 is 0 Å². The van der Waals surface area contributed by atoms with E-state index in [1.165, 1.54) is 0 Å². The predicted octanol–water partition coefficient (Wildman–Crippen LogP) is 3.05. The molecule has 0 spiro atoms. The van der Waals surface area contributed by atoms with Crippen molar-refractivity contribution < 1.29 is 9.53 Å². The van der Waals surface area contributed by atoms with Crippen molar-refractivity contribution in [1.82, 2.24) is 0 Å². The Morgan fingerprint density at radius 1 is 0.941 bits per heavy atom. The largest absolute Gasteiger partial charge is 0.360 e. The van der Waals surface area contributed by atoms with Crippen LogP contribution in [0.2, 0.25) is 0 Å². The molecular formula is C15H13O2. The van der Waals surface area contributed by atoms with Crippen molar-refractivity contribution in [1.29, 1.82) is 0 Å². The molecule has 1 radical (unpaired) electrons. The third-order valence-corrected chi connectivity index (χ3v) is 2.47. The molecule has 2 aromatic carbocycles. The number of ether oxygens (including phenoxy) is 1. The highest BCUT2D eigenvalue weighted by atomic mass is 16.5. The molecule has 0 aromatic heterocycles. The summed E-state index contributed by atoms with van der Waals surface area (Å²) in [4.78, 5) is 10.9. The number of rotatable bonds is 5. The Morgan fingerprint density at radius 2 is 1.53 bits per heavy atom. The molecule has 17 heavy (non-hydrogen) atoms. The molecule has 0 heterocycles. The minimum Gasteiger partial charge on any atom is -0.360 e. The SMILES string of the molecule is O=[C]C(OCc1ccccc1)c1ccccc1. The van der Waals surface area contributed by atoms with E-state index in [-0.39, 0.29) is 0 Å². The summed E-state index contributed by atoms with van der Waals surface area (Å²) in [6, 6.07) is 19.2. The highest BCUT2D eigenvalue weighted by Gasteiger charge is 2.11. The van der Waals surface area contributed by atoms with E-state index >= 15 is 0 Å². The number of carbonyl (C=O) groups excluding carboxylic acids is 1. The summed E-state index contributed by atoms with van der Waals surface area (Å²) in [5.74, 6) is 0. The van der Waals surface area contributed by atoms with Gasteiger partial charge >= 0.3 is 0 Å². The van der Waals surface area contributed by atoms with Gasteiger partial charge in [0.05, 0.1) is 6.61 Å². The summed E-state index contributed by atoms with van der Waals surface area (Å²) < 4.78 is 5.54. The second kappa shape index (κ2) is 5.97. The van der Waals surface area contributed by atoms with Gasteiger partial charge in [0.1, 0.15) is 6.10 Å². The number of benzene rings is 2. The molecule has 0 saturated heterocycles. The molecule has 0 aliphatic carbocycles. The lowest BCUT2D eigenvalue weighted by molar-refractivity contribution is 0.0824. The van der Waals surface area contributed by atoms with E-state index < -0.39 is 6.10 Å². The van der Waals surface area contributed by atoms with Crippen molar-refractivity contribution in [2.24, 2.45) is 0 Å². The zero-order valence-corrected chi connectivity index (χ0v) is 9.37. The zero-order chi connectivity index (χ0) is 11.9. The fourth-order valence-electron chi connectivity index (χ4n) is 1.58. The molecule has 0 amide bonds. The minimum absolute atomic E-state index is 0.412. The Morgan fingerprint density at radius 3 is 2.12 bits per heavy atom. The van der Waals surface area contributed by atoms with E-state index in [1.54, 1.807) is 0 Å². The highest BCUT2D eigenvalue weighted by molar-refractivity contribution is 5.60. The van der Waals surface area contributed by atoms with Gasteiger partial charge in [0, 0.05) is 0 Å². The molecule has 2 heteroatoms. The Bertz CT molecular complexity index is 451. The topological polar surface area (TPSA) is 26.3 Å². The molecule has 0 fully saturated rings. The fraction of sp³-hybridized carbons (Fsp3) is 0.133. The molecule has 0 aliphatic heterocycles. The van der Waals surface area contributed by atoms with Crippen LogP contribution in [0.4, 0.5) is 0 Å². The maximum absolute atomic E-state index is 10.9. The maximum Gasteiger partial charge on any atom is 0.234 e. The minimum atomic E-state index is -0.614. The van der Waals surface area contributed by atoms with E-state index in [0.717, 1.165) is 11.1 Å². The average molecular weight is 225 g/mol. The normalized spacial score (nSPS) is 12.0. The van der Waals surface area contributed by atoms with E-state index in [1.807, 2.05) is 66.9 Å². The average Bonchev–Trinajstić information content (AvgIpc) is 2.42. The second-order valence-electron chi connectivity index (χ2n) is 3.71. The van der Waals surface area contributed by atoms with Gasteiger partial charge in [-0.15, -0.1) is 0 Å². The van der Waals surface area contributed by atoms with Crippen LogP contribution in [0.1, 0.15) is 17.2 Å². The smallest absolute Gasteiger partial charge is 0.234 e. The van der Waals surface area contributed by atoms with Crippen LogP contribution in [0.5, 0.6) is 0 Å². The standard InChI is InChI=1S/C15H13O2/c16-11-15(14-9-5-2-6-10-14)17-12-13-7-3-1-4-8-13/h1-10,15H,12H2. The third kappa shape index (κ3) is 3.26. The van der Waals surface area contributed by atoms with Crippen molar-refractivity contribution in [3.63, 3.8) is 0 Å². The molecule has 0 aliphatic rings. The van der Waals surface area contributed by atoms with Gasteiger partial charge in [-0.1, -0.05) is 60.7 Å². The lowest BCUT2D eigenvalue weighted by Crippen LogP contribution is -2.05. The molecule has 85 valence electrons. The van der Waals surface area contributed by atoms with E-state index in [2.05, 4.69) is 0 Å². The summed E-state index contributed by atoms with van der Waals surface area (Å²) in [5.41, 5.74) is 1.88. The first-order chi connectivity index (χ1) is 8.40. The molecule has 0 saturated carbocycles. The van der Waals surface area contributed by atoms with E-state index in [9.17, 15) is 4.79 Å². The summed E-state index contributed by atoms with van der Waals surface area (Å²) >= 11 is 0. The molecular weight excluding hydrogens is 212 g/mol. The summed E-state index contributed by atoms with van der Waals surface area (Å²) in [6.45, 7) is 0.412. The Kier molecular flexibility index (Phi) is 4.05. The lowest BCUT2D eigenvalue weighted by Gasteiger charge is -2.11. The third-order valence-electron chi connectivity index (χ3n) is 2.47. The Hall–Kier alpha value is -1.93. The van der Waals surface area contributed by atoms with Gasteiger partial charge < -0.3 is 4.74 Å². The molecule has 1 unspecified atom stereocenters. The lowest BCUT2D eigenvalue weighted by atomic mass is 10.1. The van der Waals surface area contributed by atoms with Crippen LogP contribution >= 0.6 is 0 Å². The molecule has 2 rings (SSSR count). The van der Waals surface area contributed by atoms with E-state index in [0.29, 0.717) is 6.61 Å². The van der Waals surface area contributed by atoms with Gasteiger partial charge in [-0.2, -0.15) is 0 Å². The van der Waals surface area contributed by atoms with Crippen LogP contribution in [0.25, 0.3) is 0 Å². The van der Waals surface area contributed by atoms with Crippen LogP contribution in [0, 0.1) is 0 Å². The van der Waals surface area contributed by atoms with Gasteiger partial charge in [0.15, 0.2) is 0 Å². The van der Waals surface area contributed by atoms with E-state index in [4.69, 9.17) is 4.74 Å². The maximum atomic E-state index is 10.9. The summed E-state index contributed by atoms with van der Waals surface area (Å²) in [5, 5.41) is 0. The number of hydrogen-bond donors (Lipinski definition) is 0. The van der Waals surface area contributed by atoms with Crippen molar-refractivity contribution in [3.8, 4) is 0 Å². The van der Waals surface area contributed by atoms with Gasteiger partial charge in [0.25, 0.3) is 0 Å². The van der Waals surface area contributed by atoms with Gasteiger partial charge in [-0.3, -0.25) is 4.79 Å². The monoisotopic (exact) mass is 225 g/mol. The highest BCUT2D eigenvalue weighted by Crippen LogP contribution is 2.16. The van der Waals surface area contributed by atoms with Crippen LogP contribution in [-0.4, -0.2) is 6.29 Å². The Labute approximate surface area is 101 Å². The van der Waals surface area contributed by atoms with Crippen molar-refractivity contribution in [3.05, 3.63) is 71.8 Å². The fourth-order valence-corrected chi connectivity index (χ4v) is 1.58. The quantitative estimate of drug-likeness (QED) is 0.781. The number of hydrogen-bond acceptors (Lipinski definition) is 2. The predicted molar refractivity (Wildman–Crippen MR) is 66.1 cm³/mol. The first-order valence-electron chi connectivity index (χ1n) is 5.48. The first kappa shape index (κ1) is 11.6. The molecule has 0 bridgehead atoms. The molecule has 1 atom stereocenters. The van der Waals surface area contributed by atoms with Crippen molar-refractivity contribution in [2.75, 3.05) is 0 Å². The van der Waals surface area contributed by atoms with Crippen molar-refractivity contribution >= 4 is 6.29 Å². The van der Waals surface area contributed by atoms with Crippen LogP contribution in [0.3, 0.4) is 0 Å². The van der Waals surface area contributed by atoms with Gasteiger partial charge in [0.2, 0.25) is 6.29 Å². The van der Waals surface area contributed by atoms with Crippen molar-refractivity contribution in [2.45, 2.75) is 12.7 Å². The van der Waals surface area contributed by atoms with Gasteiger partial charge in [-0.05, 0) is 11.1 Å². The van der Waals surface area contributed by atoms with Gasteiger partial charge in [-0.25, -0.2) is 0 Å². The second-order valence-corrected chi connectivity index (χ2v) is 3.71. The summed E-state index contributed by atoms with van der Waals surface area (Å²) in [6.07, 6.45) is 1.30. The van der Waals surface area contributed by atoms with Crippen LogP contribution in [-0.2, 0) is 16.1 Å². The molecule has 0 N–H and O–H groups in total. The summed E-state index contributed by atoms with van der Waals surface area (Å²) in [7, 11) is 0. The molecule has 2 nitrogen and oxygen atoms in total. The first-order valence-corrected chi connectivity index (χ1v) is 5.48. The zero-order valence-electron chi connectivity index (χ0n) is 9.37. The molecule has 2 aromatic rings. The Balaban J connectivity index is 2.00. The van der Waals surface area contributed by atoms with Crippen LogP contribution in [0.15, 0.2) is 60.7 Å².